The fourth-order valence-corrected chi connectivity index (χ4v) is 7.66. The van der Waals surface area contributed by atoms with E-state index in [2.05, 4.69) is 179 Å². The van der Waals surface area contributed by atoms with Crippen molar-refractivity contribution in [3.05, 3.63) is 170 Å². The Kier molecular flexibility index (Phi) is 5.31. The molecule has 8 aromatic carbocycles. The third-order valence-corrected chi connectivity index (χ3v) is 9.70. The van der Waals surface area contributed by atoms with E-state index in [4.69, 9.17) is 0 Å². The van der Waals surface area contributed by atoms with Crippen molar-refractivity contribution in [2.75, 3.05) is 0 Å². The van der Waals surface area contributed by atoms with Crippen LogP contribution in [0.3, 0.4) is 0 Å². The number of rotatable bonds is 3. The maximum absolute atomic E-state index is 2.42. The molecule has 2 aromatic heterocycles. The fraction of sp³-hybridized carbons (Fsp3) is 0. The lowest BCUT2D eigenvalue weighted by Gasteiger charge is -2.14. The molecule has 214 valence electrons. The number of nitrogens with zero attached hydrogens (tertiary/aromatic N) is 2. The molecule has 0 saturated heterocycles. The summed E-state index contributed by atoms with van der Waals surface area (Å²) in [6, 6.07) is 59.7. The molecular weight excluding hydrogens is 556 g/mol. The Morgan fingerprint density at radius 3 is 1.67 bits per heavy atom. The van der Waals surface area contributed by atoms with Gasteiger partial charge in [-0.25, -0.2) is 0 Å². The molecule has 10 aromatic rings. The van der Waals surface area contributed by atoms with Gasteiger partial charge >= 0.3 is 0 Å². The molecule has 0 amide bonds. The molecule has 0 fully saturated rings. The maximum Gasteiger partial charge on any atom is 0.0788 e. The van der Waals surface area contributed by atoms with Crippen LogP contribution in [0.2, 0.25) is 0 Å². The molecule has 0 atom stereocenters. The second-order valence-electron chi connectivity index (χ2n) is 12.2. The topological polar surface area (TPSA) is 9.86 Å². The van der Waals surface area contributed by atoms with Gasteiger partial charge in [-0.05, 0) is 85.9 Å². The zero-order valence-electron chi connectivity index (χ0n) is 25.1. The number of benzene rings is 8. The van der Waals surface area contributed by atoms with Gasteiger partial charge in [0.2, 0.25) is 0 Å². The van der Waals surface area contributed by atoms with Gasteiger partial charge in [-0.1, -0.05) is 121 Å². The molecule has 0 bridgehead atoms. The van der Waals surface area contributed by atoms with Crippen molar-refractivity contribution in [2.24, 2.45) is 0 Å². The van der Waals surface area contributed by atoms with Crippen LogP contribution in [0.25, 0.3) is 87.5 Å². The van der Waals surface area contributed by atoms with E-state index in [0.29, 0.717) is 0 Å². The van der Waals surface area contributed by atoms with Crippen molar-refractivity contribution in [2.45, 2.75) is 0 Å². The molecule has 2 heteroatoms. The first-order valence-electron chi connectivity index (χ1n) is 15.9. The number of hydrogen-bond acceptors (Lipinski definition) is 0. The first kappa shape index (κ1) is 25.2. The predicted molar refractivity (Wildman–Crippen MR) is 196 cm³/mol. The monoisotopic (exact) mass is 584 g/mol. The van der Waals surface area contributed by atoms with Crippen LogP contribution in [0.15, 0.2) is 170 Å². The van der Waals surface area contributed by atoms with E-state index in [1.165, 1.54) is 81.8 Å². The van der Waals surface area contributed by atoms with Crippen LogP contribution in [-0.2, 0) is 0 Å². The molecule has 0 aliphatic carbocycles. The molecule has 0 unspecified atom stereocenters. The van der Waals surface area contributed by atoms with Crippen molar-refractivity contribution in [1.82, 2.24) is 9.13 Å². The van der Waals surface area contributed by atoms with Gasteiger partial charge in [-0.3, -0.25) is 0 Å². The van der Waals surface area contributed by atoms with Gasteiger partial charge in [-0.2, -0.15) is 0 Å². The average molecular weight is 585 g/mol. The molecule has 0 saturated carbocycles. The van der Waals surface area contributed by atoms with Gasteiger partial charge in [0.05, 0.1) is 16.6 Å². The Balaban J connectivity index is 1.21. The van der Waals surface area contributed by atoms with Crippen LogP contribution >= 0.6 is 0 Å². The summed E-state index contributed by atoms with van der Waals surface area (Å²) in [7, 11) is 0. The molecule has 0 radical (unpaired) electrons. The highest BCUT2D eigenvalue weighted by atomic mass is 15.0. The number of hydrogen-bond donors (Lipinski definition) is 0. The minimum absolute atomic E-state index is 1.15. The standard InChI is InChI=1S/C44H28N2/c1-2-12-32(13-3-1)46-42-20-9-8-19-39(42)40-24-21-29-25-26-45(43(29)44(40)46)33-14-10-11-30(27-33)31-22-23-38-36-17-5-4-15-34(36)35-16-6-7-18-37(35)41(38)28-31/h1-28H. The Hall–Kier alpha value is -6.12. The quantitative estimate of drug-likeness (QED) is 0.183. The second kappa shape index (κ2) is 9.69. The summed E-state index contributed by atoms with van der Waals surface area (Å²) in [5.41, 5.74) is 8.39. The van der Waals surface area contributed by atoms with Gasteiger partial charge in [0.25, 0.3) is 0 Å². The first-order chi connectivity index (χ1) is 22.8. The molecule has 0 N–H and O–H groups in total. The van der Waals surface area contributed by atoms with E-state index in [1.807, 2.05) is 0 Å². The normalized spacial score (nSPS) is 11.9. The van der Waals surface area contributed by atoms with Crippen LogP contribution in [0.5, 0.6) is 0 Å². The summed E-state index contributed by atoms with van der Waals surface area (Å²) in [5.74, 6) is 0. The Labute approximate surface area is 266 Å². The smallest absolute Gasteiger partial charge is 0.0788 e. The Morgan fingerprint density at radius 2 is 0.913 bits per heavy atom. The molecule has 46 heavy (non-hydrogen) atoms. The number of aromatic nitrogens is 2. The Bertz CT molecular complexity index is 2760. The molecule has 0 aliphatic heterocycles. The zero-order valence-corrected chi connectivity index (χ0v) is 25.1. The minimum atomic E-state index is 1.15. The molecule has 2 heterocycles. The lowest BCUT2D eigenvalue weighted by molar-refractivity contribution is 1.12. The third kappa shape index (κ3) is 3.59. The predicted octanol–water partition coefficient (Wildman–Crippen LogP) is 11.9. The van der Waals surface area contributed by atoms with Crippen molar-refractivity contribution < 1.29 is 0 Å². The van der Waals surface area contributed by atoms with Crippen LogP contribution in [0.4, 0.5) is 0 Å². The van der Waals surface area contributed by atoms with Gasteiger partial charge < -0.3 is 9.13 Å². The van der Waals surface area contributed by atoms with E-state index >= 15 is 0 Å². The fourth-order valence-electron chi connectivity index (χ4n) is 7.66. The average Bonchev–Trinajstić information content (AvgIpc) is 3.72. The highest BCUT2D eigenvalue weighted by Crippen LogP contribution is 2.40. The molecular formula is C44H28N2. The van der Waals surface area contributed by atoms with Crippen LogP contribution in [0.1, 0.15) is 0 Å². The van der Waals surface area contributed by atoms with E-state index in [0.717, 1.165) is 5.69 Å². The largest absolute Gasteiger partial charge is 0.315 e. The summed E-state index contributed by atoms with van der Waals surface area (Å²) in [5, 5.41) is 11.5. The van der Waals surface area contributed by atoms with Gasteiger partial charge in [0, 0.05) is 33.7 Å². The summed E-state index contributed by atoms with van der Waals surface area (Å²) in [6.45, 7) is 0. The third-order valence-electron chi connectivity index (χ3n) is 9.70. The summed E-state index contributed by atoms with van der Waals surface area (Å²) in [4.78, 5) is 0. The summed E-state index contributed by atoms with van der Waals surface area (Å²) >= 11 is 0. The van der Waals surface area contributed by atoms with Crippen LogP contribution in [-0.4, -0.2) is 9.13 Å². The first-order valence-corrected chi connectivity index (χ1v) is 15.9. The van der Waals surface area contributed by atoms with Crippen molar-refractivity contribution in [3.8, 4) is 22.5 Å². The lowest BCUT2D eigenvalue weighted by Crippen LogP contribution is -1.98. The number of fused-ring (bicyclic) bond motifs is 11. The molecule has 0 aliphatic rings. The summed E-state index contributed by atoms with van der Waals surface area (Å²) < 4.78 is 4.79. The van der Waals surface area contributed by atoms with E-state index in [-0.39, 0.29) is 0 Å². The SMILES string of the molecule is c1ccc(-n2c3ccccc3c3ccc4ccn(-c5cccc(-c6ccc7c8ccccc8c8ccccc8c7c6)c5)c4c32)cc1. The summed E-state index contributed by atoms with van der Waals surface area (Å²) in [6.07, 6.45) is 2.22. The van der Waals surface area contributed by atoms with Crippen LogP contribution in [0, 0.1) is 0 Å². The van der Waals surface area contributed by atoms with Crippen LogP contribution < -0.4 is 0 Å². The number of para-hydroxylation sites is 2. The zero-order chi connectivity index (χ0) is 30.2. The molecule has 0 spiro atoms. The minimum Gasteiger partial charge on any atom is -0.315 e. The Morgan fingerprint density at radius 1 is 0.326 bits per heavy atom. The maximum atomic E-state index is 2.42. The van der Waals surface area contributed by atoms with E-state index in [1.54, 1.807) is 0 Å². The highest BCUT2D eigenvalue weighted by Gasteiger charge is 2.18. The second-order valence-corrected chi connectivity index (χ2v) is 12.2. The molecule has 10 rings (SSSR count). The molecule has 2 nitrogen and oxygen atoms in total. The van der Waals surface area contributed by atoms with Crippen molar-refractivity contribution in [3.63, 3.8) is 0 Å². The van der Waals surface area contributed by atoms with Gasteiger partial charge in [0.15, 0.2) is 0 Å². The highest BCUT2D eigenvalue weighted by molar-refractivity contribution is 6.25. The lowest BCUT2D eigenvalue weighted by atomic mass is 9.92. The van der Waals surface area contributed by atoms with Gasteiger partial charge in [0.1, 0.15) is 0 Å². The van der Waals surface area contributed by atoms with E-state index in [9.17, 15) is 0 Å². The van der Waals surface area contributed by atoms with Gasteiger partial charge in [-0.15, -0.1) is 0 Å². The van der Waals surface area contributed by atoms with Crippen molar-refractivity contribution in [1.29, 1.82) is 0 Å². The van der Waals surface area contributed by atoms with Crippen molar-refractivity contribution >= 4 is 65.0 Å². The van der Waals surface area contributed by atoms with E-state index < -0.39 is 0 Å².